The number of likely N-dealkylation sites (tertiary alicyclic amines) is 1. The van der Waals surface area contributed by atoms with Gasteiger partial charge in [0, 0.05) is 20.1 Å². The maximum atomic E-state index is 12.2. The van der Waals surface area contributed by atoms with Crippen LogP contribution in [-0.4, -0.2) is 72.5 Å². The molecule has 1 heterocycles. The van der Waals surface area contributed by atoms with Crippen molar-refractivity contribution in [3.8, 4) is 0 Å². The van der Waals surface area contributed by atoms with Crippen molar-refractivity contribution in [1.82, 2.24) is 9.80 Å². The van der Waals surface area contributed by atoms with Gasteiger partial charge in [0.1, 0.15) is 6.54 Å². The van der Waals surface area contributed by atoms with Crippen molar-refractivity contribution in [3.63, 3.8) is 0 Å². The van der Waals surface area contributed by atoms with E-state index in [4.69, 9.17) is 9.84 Å². The zero-order valence-corrected chi connectivity index (χ0v) is 11.7. The predicted molar refractivity (Wildman–Crippen MR) is 66.9 cm³/mol. The third kappa shape index (κ3) is 6.65. The van der Waals surface area contributed by atoms with Crippen molar-refractivity contribution in [2.24, 2.45) is 0 Å². The fourth-order valence-electron chi connectivity index (χ4n) is 2.10. The van der Waals surface area contributed by atoms with Crippen LogP contribution >= 0.6 is 0 Å². The van der Waals surface area contributed by atoms with Crippen molar-refractivity contribution in [1.29, 1.82) is 0 Å². The number of carboxylic acid groups (broad SMARTS) is 1. The lowest BCUT2D eigenvalue weighted by Gasteiger charge is -2.34. The third-order valence-electron chi connectivity index (χ3n) is 3.12. The second kappa shape index (κ2) is 7.48. The number of halogens is 3. The molecule has 0 saturated carbocycles. The number of hydrogen-bond donors (Lipinski definition) is 1. The van der Waals surface area contributed by atoms with Crippen molar-refractivity contribution in [3.05, 3.63) is 0 Å². The lowest BCUT2D eigenvalue weighted by molar-refractivity contribution is -0.140. The number of amides is 2. The first-order chi connectivity index (χ1) is 9.69. The second-order valence-corrected chi connectivity index (χ2v) is 4.95. The molecule has 1 aliphatic rings. The van der Waals surface area contributed by atoms with Crippen LogP contribution < -0.4 is 0 Å². The predicted octanol–water partition coefficient (Wildman–Crippen LogP) is 1.56. The van der Waals surface area contributed by atoms with Gasteiger partial charge in [-0.25, -0.2) is 4.79 Å². The van der Waals surface area contributed by atoms with Crippen LogP contribution in [0.1, 0.15) is 19.3 Å². The van der Waals surface area contributed by atoms with E-state index in [-0.39, 0.29) is 19.1 Å². The zero-order valence-electron chi connectivity index (χ0n) is 11.7. The Kier molecular flexibility index (Phi) is 6.25. The number of piperidine rings is 1. The molecule has 21 heavy (non-hydrogen) atoms. The van der Waals surface area contributed by atoms with Crippen LogP contribution in [0.3, 0.4) is 0 Å². The van der Waals surface area contributed by atoms with Gasteiger partial charge in [-0.15, -0.1) is 0 Å². The minimum absolute atomic E-state index is 0.0898. The number of rotatable bonds is 5. The first-order valence-electron chi connectivity index (χ1n) is 6.59. The molecule has 1 N–H and O–H groups in total. The standard InChI is InChI=1S/C12H19F3N2O4/c1-16(8-12(13,14)15)11(20)17-5-2-9(3-6-17)21-7-4-10(18)19/h9H,2-8H2,1H3,(H,18,19). The Labute approximate surface area is 120 Å². The van der Waals surface area contributed by atoms with Crippen LogP contribution in [0, 0.1) is 0 Å². The van der Waals surface area contributed by atoms with Crippen LogP contribution in [-0.2, 0) is 9.53 Å². The van der Waals surface area contributed by atoms with Gasteiger partial charge < -0.3 is 19.6 Å². The van der Waals surface area contributed by atoms with E-state index in [0.29, 0.717) is 30.8 Å². The molecule has 1 saturated heterocycles. The van der Waals surface area contributed by atoms with Gasteiger partial charge in [-0.2, -0.15) is 13.2 Å². The fraction of sp³-hybridized carbons (Fsp3) is 0.833. The van der Waals surface area contributed by atoms with E-state index >= 15 is 0 Å². The molecule has 0 atom stereocenters. The van der Waals surface area contributed by atoms with E-state index in [1.54, 1.807) is 0 Å². The van der Waals surface area contributed by atoms with Gasteiger partial charge in [0.05, 0.1) is 19.1 Å². The number of urea groups is 1. The lowest BCUT2D eigenvalue weighted by atomic mass is 10.1. The monoisotopic (exact) mass is 312 g/mol. The van der Waals surface area contributed by atoms with Crippen LogP contribution in [0.25, 0.3) is 0 Å². The summed E-state index contributed by atoms with van der Waals surface area (Å²) in [6.45, 7) is -0.569. The van der Waals surface area contributed by atoms with Crippen LogP contribution in [0.4, 0.5) is 18.0 Å². The van der Waals surface area contributed by atoms with E-state index < -0.39 is 24.7 Å². The molecule has 1 aliphatic heterocycles. The molecule has 0 spiro atoms. The van der Waals surface area contributed by atoms with Crippen molar-refractivity contribution >= 4 is 12.0 Å². The fourth-order valence-corrected chi connectivity index (χ4v) is 2.10. The topological polar surface area (TPSA) is 70.1 Å². The van der Waals surface area contributed by atoms with Crippen LogP contribution in [0.2, 0.25) is 0 Å². The largest absolute Gasteiger partial charge is 0.481 e. The van der Waals surface area contributed by atoms with Crippen LogP contribution in [0.15, 0.2) is 0 Å². The quantitative estimate of drug-likeness (QED) is 0.836. The molecule has 0 bridgehead atoms. The van der Waals surface area contributed by atoms with Crippen molar-refractivity contribution in [2.75, 3.05) is 33.3 Å². The van der Waals surface area contributed by atoms with Crippen molar-refractivity contribution < 1.29 is 32.6 Å². The van der Waals surface area contributed by atoms with E-state index in [1.807, 2.05) is 0 Å². The first-order valence-corrected chi connectivity index (χ1v) is 6.59. The number of aliphatic carboxylic acids is 1. The lowest BCUT2D eigenvalue weighted by Crippen LogP contribution is -2.48. The van der Waals surface area contributed by atoms with Gasteiger partial charge in [-0.1, -0.05) is 0 Å². The number of nitrogens with zero attached hydrogens (tertiary/aromatic N) is 2. The Bertz CT molecular complexity index is 368. The summed E-state index contributed by atoms with van der Waals surface area (Å²) in [5, 5.41) is 8.48. The maximum Gasteiger partial charge on any atom is 0.406 e. The highest BCUT2D eigenvalue weighted by Gasteiger charge is 2.33. The number of alkyl halides is 3. The number of carbonyl (C=O) groups is 2. The van der Waals surface area contributed by atoms with Gasteiger partial charge >= 0.3 is 18.2 Å². The first kappa shape index (κ1) is 17.5. The van der Waals surface area contributed by atoms with Crippen LogP contribution in [0.5, 0.6) is 0 Å². The van der Waals surface area contributed by atoms with Gasteiger partial charge in [-0.3, -0.25) is 4.79 Å². The maximum absolute atomic E-state index is 12.2. The van der Waals surface area contributed by atoms with Crippen molar-refractivity contribution in [2.45, 2.75) is 31.5 Å². The summed E-state index contributed by atoms with van der Waals surface area (Å²) < 4.78 is 42.0. The minimum atomic E-state index is -4.41. The summed E-state index contributed by atoms with van der Waals surface area (Å²) in [5.41, 5.74) is 0. The summed E-state index contributed by atoms with van der Waals surface area (Å²) in [4.78, 5) is 24.2. The zero-order chi connectivity index (χ0) is 16.0. The Morgan fingerprint density at radius 3 is 2.38 bits per heavy atom. The molecular weight excluding hydrogens is 293 g/mol. The molecule has 2 amide bonds. The highest BCUT2D eigenvalue weighted by molar-refractivity contribution is 5.74. The van der Waals surface area contributed by atoms with E-state index in [9.17, 15) is 22.8 Å². The molecular formula is C12H19F3N2O4. The minimum Gasteiger partial charge on any atom is -0.481 e. The number of hydrogen-bond acceptors (Lipinski definition) is 3. The molecule has 6 nitrogen and oxygen atoms in total. The highest BCUT2D eigenvalue weighted by atomic mass is 19.4. The van der Waals surface area contributed by atoms with Gasteiger partial charge in [-0.05, 0) is 12.8 Å². The number of carbonyl (C=O) groups excluding carboxylic acids is 1. The molecule has 0 aromatic rings. The number of carboxylic acids is 1. The molecule has 0 aromatic heterocycles. The summed E-state index contributed by atoms with van der Waals surface area (Å²) in [5.74, 6) is -0.948. The average molecular weight is 312 g/mol. The summed E-state index contributed by atoms with van der Waals surface area (Å²) in [6.07, 6.45) is -3.67. The Hall–Kier alpha value is -1.51. The molecule has 0 aromatic carbocycles. The highest BCUT2D eigenvalue weighted by Crippen LogP contribution is 2.19. The van der Waals surface area contributed by atoms with E-state index in [0.717, 1.165) is 7.05 Å². The number of ether oxygens (including phenoxy) is 1. The molecule has 0 unspecified atom stereocenters. The summed E-state index contributed by atoms with van der Waals surface area (Å²) in [7, 11) is 1.12. The van der Waals surface area contributed by atoms with E-state index in [2.05, 4.69) is 0 Å². The second-order valence-electron chi connectivity index (χ2n) is 4.95. The van der Waals surface area contributed by atoms with Gasteiger partial charge in [0.2, 0.25) is 0 Å². The normalized spacial score (nSPS) is 16.9. The SMILES string of the molecule is CN(CC(F)(F)F)C(=O)N1CCC(OCCC(=O)O)CC1. The average Bonchev–Trinajstić information content (AvgIpc) is 2.36. The molecule has 1 rings (SSSR count). The molecule has 122 valence electrons. The molecule has 0 radical (unpaired) electrons. The van der Waals surface area contributed by atoms with Gasteiger partial charge in [0.15, 0.2) is 0 Å². The molecule has 9 heteroatoms. The summed E-state index contributed by atoms with van der Waals surface area (Å²) >= 11 is 0. The molecule has 1 fully saturated rings. The van der Waals surface area contributed by atoms with E-state index in [1.165, 1.54) is 4.90 Å². The third-order valence-corrected chi connectivity index (χ3v) is 3.12. The Morgan fingerprint density at radius 1 is 1.33 bits per heavy atom. The summed E-state index contributed by atoms with van der Waals surface area (Å²) in [6, 6.07) is -0.656. The van der Waals surface area contributed by atoms with Gasteiger partial charge in [0.25, 0.3) is 0 Å². The Balaban J connectivity index is 2.31. The Morgan fingerprint density at radius 2 is 1.90 bits per heavy atom. The molecule has 0 aliphatic carbocycles. The smallest absolute Gasteiger partial charge is 0.406 e.